The number of amides is 2. The lowest BCUT2D eigenvalue weighted by atomic mass is 10.1. The Morgan fingerprint density at radius 3 is 2.52 bits per heavy atom. The van der Waals surface area contributed by atoms with Crippen LogP contribution in [0.15, 0.2) is 65.3 Å². The van der Waals surface area contributed by atoms with E-state index in [1.165, 1.54) is 0 Å². The van der Waals surface area contributed by atoms with Crippen molar-refractivity contribution in [1.82, 2.24) is 10.3 Å². The van der Waals surface area contributed by atoms with Crippen LogP contribution in [0.25, 0.3) is 10.9 Å². The molecule has 126 valence electrons. The summed E-state index contributed by atoms with van der Waals surface area (Å²) in [7, 11) is 0. The average Bonchev–Trinajstić information content (AvgIpc) is 2.62. The van der Waals surface area contributed by atoms with Gasteiger partial charge in [-0.2, -0.15) is 0 Å². The van der Waals surface area contributed by atoms with Crippen molar-refractivity contribution in [2.75, 3.05) is 11.9 Å². The van der Waals surface area contributed by atoms with Gasteiger partial charge >= 0.3 is 0 Å². The van der Waals surface area contributed by atoms with Gasteiger partial charge in [-0.05, 0) is 29.8 Å². The van der Waals surface area contributed by atoms with Crippen LogP contribution < -0.4 is 10.6 Å². The van der Waals surface area contributed by atoms with Crippen molar-refractivity contribution in [2.45, 2.75) is 6.42 Å². The Morgan fingerprint density at radius 2 is 1.72 bits per heavy atom. The minimum atomic E-state index is -0.290. The molecule has 0 saturated carbocycles. The molecular formula is C19H16BrN3O2. The first-order chi connectivity index (χ1) is 12.1. The number of halogens is 1. The maximum atomic E-state index is 12.1. The third kappa shape index (κ3) is 4.64. The average molecular weight is 398 g/mol. The van der Waals surface area contributed by atoms with Crippen molar-refractivity contribution in [3.63, 3.8) is 0 Å². The Labute approximate surface area is 153 Å². The van der Waals surface area contributed by atoms with Gasteiger partial charge in [0, 0.05) is 16.1 Å². The van der Waals surface area contributed by atoms with Crippen molar-refractivity contribution in [1.29, 1.82) is 0 Å². The summed E-state index contributed by atoms with van der Waals surface area (Å²) < 4.78 is 0.958. The molecular weight excluding hydrogens is 382 g/mol. The monoisotopic (exact) mass is 397 g/mol. The zero-order valence-corrected chi connectivity index (χ0v) is 14.9. The van der Waals surface area contributed by atoms with Crippen LogP contribution in [0, 0.1) is 0 Å². The van der Waals surface area contributed by atoms with Crippen LogP contribution in [0.1, 0.15) is 5.56 Å². The number of benzene rings is 2. The standard InChI is InChI=1S/C19H16BrN3O2/c20-15-8-6-13(7-9-15)11-17(24)22-12-18(25)23-16-5-1-3-14-4-2-10-21-19(14)16/h1-10H,11-12H2,(H,22,24)(H,23,25). The molecule has 5 nitrogen and oxygen atoms in total. The topological polar surface area (TPSA) is 71.1 Å². The van der Waals surface area contributed by atoms with E-state index in [1.807, 2.05) is 48.5 Å². The summed E-state index contributed by atoms with van der Waals surface area (Å²) >= 11 is 3.35. The molecule has 2 aromatic carbocycles. The summed E-state index contributed by atoms with van der Waals surface area (Å²) in [5.41, 5.74) is 2.24. The largest absolute Gasteiger partial charge is 0.347 e. The normalized spacial score (nSPS) is 10.4. The molecule has 1 heterocycles. The highest BCUT2D eigenvalue weighted by molar-refractivity contribution is 9.10. The van der Waals surface area contributed by atoms with E-state index in [0.29, 0.717) is 5.69 Å². The molecule has 2 N–H and O–H groups in total. The first kappa shape index (κ1) is 17.1. The highest BCUT2D eigenvalue weighted by Gasteiger charge is 2.09. The fourth-order valence-corrected chi connectivity index (χ4v) is 2.69. The third-order valence-electron chi connectivity index (χ3n) is 3.63. The molecule has 3 rings (SSSR count). The number of pyridine rings is 1. The van der Waals surface area contributed by atoms with Crippen LogP contribution >= 0.6 is 15.9 Å². The van der Waals surface area contributed by atoms with Crippen LogP contribution in [0.2, 0.25) is 0 Å². The van der Waals surface area contributed by atoms with Gasteiger partial charge in [-0.15, -0.1) is 0 Å². The molecule has 3 aromatic rings. The summed E-state index contributed by atoms with van der Waals surface area (Å²) in [4.78, 5) is 28.3. The van der Waals surface area contributed by atoms with Crippen molar-refractivity contribution in [3.05, 3.63) is 70.8 Å². The highest BCUT2D eigenvalue weighted by Crippen LogP contribution is 2.20. The van der Waals surface area contributed by atoms with Crippen LogP contribution in [-0.4, -0.2) is 23.3 Å². The quantitative estimate of drug-likeness (QED) is 0.693. The molecule has 0 spiro atoms. The zero-order valence-electron chi connectivity index (χ0n) is 13.3. The third-order valence-corrected chi connectivity index (χ3v) is 4.16. The number of carbonyl (C=O) groups is 2. The van der Waals surface area contributed by atoms with Crippen LogP contribution in [0.3, 0.4) is 0 Å². The second-order valence-corrected chi connectivity index (χ2v) is 6.42. The summed E-state index contributed by atoms with van der Waals surface area (Å²) in [5, 5.41) is 6.36. The SMILES string of the molecule is O=C(Cc1ccc(Br)cc1)NCC(=O)Nc1cccc2cccnc12. The molecule has 0 fully saturated rings. The fraction of sp³-hybridized carbons (Fsp3) is 0.105. The fourth-order valence-electron chi connectivity index (χ4n) is 2.43. The van der Waals surface area contributed by atoms with Gasteiger partial charge in [-0.25, -0.2) is 0 Å². The summed E-state index contributed by atoms with van der Waals surface area (Å²) in [6.07, 6.45) is 1.91. The molecule has 0 aliphatic rings. The molecule has 1 aromatic heterocycles. The second-order valence-electron chi connectivity index (χ2n) is 5.51. The molecule has 25 heavy (non-hydrogen) atoms. The second kappa shape index (κ2) is 7.90. The van der Waals surface area contributed by atoms with Crippen LogP contribution in [-0.2, 0) is 16.0 Å². The predicted molar refractivity (Wildman–Crippen MR) is 101 cm³/mol. The van der Waals surface area contributed by atoms with Gasteiger partial charge in [0.2, 0.25) is 11.8 Å². The molecule has 0 aliphatic carbocycles. The first-order valence-electron chi connectivity index (χ1n) is 7.76. The van der Waals surface area contributed by atoms with Crippen LogP contribution in [0.4, 0.5) is 5.69 Å². The molecule has 0 saturated heterocycles. The Kier molecular flexibility index (Phi) is 5.40. The van der Waals surface area contributed by atoms with Crippen LogP contribution in [0.5, 0.6) is 0 Å². The summed E-state index contributed by atoms with van der Waals surface area (Å²) in [5.74, 6) is -0.490. The summed E-state index contributed by atoms with van der Waals surface area (Å²) in [6.45, 7) is -0.0847. The predicted octanol–water partition coefficient (Wildman–Crippen LogP) is 3.29. The molecule has 0 bridgehead atoms. The van der Waals surface area contributed by atoms with E-state index in [1.54, 1.807) is 12.3 Å². The number of anilines is 1. The Hall–Kier alpha value is -2.73. The van der Waals surface area contributed by atoms with E-state index in [-0.39, 0.29) is 24.8 Å². The Bertz CT molecular complexity index is 905. The summed E-state index contributed by atoms with van der Waals surface area (Å²) in [6, 6.07) is 16.8. The minimum absolute atomic E-state index is 0.0847. The lowest BCUT2D eigenvalue weighted by Crippen LogP contribution is -2.33. The highest BCUT2D eigenvalue weighted by atomic mass is 79.9. The van der Waals surface area contributed by atoms with Crippen molar-refractivity contribution < 1.29 is 9.59 Å². The van der Waals surface area contributed by atoms with Gasteiger partial charge in [0.1, 0.15) is 0 Å². The maximum Gasteiger partial charge on any atom is 0.243 e. The van der Waals surface area contributed by atoms with Gasteiger partial charge in [-0.1, -0.05) is 46.3 Å². The number of hydrogen-bond donors (Lipinski definition) is 2. The van der Waals surface area contributed by atoms with Gasteiger partial charge in [-0.3, -0.25) is 14.6 Å². The molecule has 0 aliphatic heterocycles. The number of aromatic nitrogens is 1. The van der Waals surface area contributed by atoms with E-state index in [9.17, 15) is 9.59 Å². The maximum absolute atomic E-state index is 12.1. The number of para-hydroxylation sites is 1. The molecule has 6 heteroatoms. The molecule has 2 amide bonds. The van der Waals surface area contributed by atoms with E-state index in [4.69, 9.17) is 0 Å². The Balaban J connectivity index is 1.55. The molecule has 0 atom stereocenters. The number of rotatable bonds is 5. The van der Waals surface area contributed by atoms with Crippen molar-refractivity contribution in [3.8, 4) is 0 Å². The van der Waals surface area contributed by atoms with E-state index in [2.05, 4.69) is 31.5 Å². The van der Waals surface area contributed by atoms with E-state index in [0.717, 1.165) is 20.9 Å². The van der Waals surface area contributed by atoms with Gasteiger partial charge in [0.25, 0.3) is 0 Å². The van der Waals surface area contributed by atoms with E-state index >= 15 is 0 Å². The van der Waals surface area contributed by atoms with Gasteiger partial charge in [0.05, 0.1) is 24.2 Å². The number of carbonyl (C=O) groups excluding carboxylic acids is 2. The van der Waals surface area contributed by atoms with Gasteiger partial charge in [0.15, 0.2) is 0 Å². The molecule has 0 radical (unpaired) electrons. The van der Waals surface area contributed by atoms with E-state index < -0.39 is 0 Å². The first-order valence-corrected chi connectivity index (χ1v) is 8.56. The number of nitrogens with zero attached hydrogens (tertiary/aromatic N) is 1. The molecule has 0 unspecified atom stereocenters. The number of hydrogen-bond acceptors (Lipinski definition) is 3. The van der Waals surface area contributed by atoms with Gasteiger partial charge < -0.3 is 10.6 Å². The zero-order chi connectivity index (χ0) is 17.6. The Morgan fingerprint density at radius 1 is 0.960 bits per heavy atom. The van der Waals surface area contributed by atoms with Crippen molar-refractivity contribution in [2.24, 2.45) is 0 Å². The number of fused-ring (bicyclic) bond motifs is 1. The lowest BCUT2D eigenvalue weighted by Gasteiger charge is -2.09. The lowest BCUT2D eigenvalue weighted by molar-refractivity contribution is -0.123. The van der Waals surface area contributed by atoms with Crippen molar-refractivity contribution >= 4 is 44.3 Å². The minimum Gasteiger partial charge on any atom is -0.347 e. The smallest absolute Gasteiger partial charge is 0.243 e. The number of nitrogens with one attached hydrogen (secondary N) is 2.